The molecule has 0 saturated heterocycles. The third-order valence-corrected chi connectivity index (χ3v) is 4.43. The maximum Gasteiger partial charge on any atom is 0.314 e. The second kappa shape index (κ2) is 9.52. The Hall–Kier alpha value is -1.75. The molecule has 1 aromatic carbocycles. The van der Waals surface area contributed by atoms with Crippen molar-refractivity contribution in [1.82, 2.24) is 10.6 Å². The van der Waals surface area contributed by atoms with Gasteiger partial charge in [-0.2, -0.15) is 0 Å². The Labute approximate surface area is 148 Å². The molecular weight excluding hydrogens is 328 g/mol. The zero-order valence-electron chi connectivity index (χ0n) is 14.0. The number of hydrogen-bond acceptors (Lipinski definition) is 3. The molecule has 1 saturated carbocycles. The molecule has 0 aliphatic heterocycles. The zero-order valence-corrected chi connectivity index (χ0v) is 14.8. The second-order valence-corrected chi connectivity index (χ2v) is 6.53. The Morgan fingerprint density at radius 2 is 1.83 bits per heavy atom. The maximum absolute atomic E-state index is 12.0. The average Bonchev–Trinajstić information content (AvgIpc) is 2.56. The predicted molar refractivity (Wildman–Crippen MR) is 94.1 cm³/mol. The fraction of sp³-hybridized carbons (Fsp3) is 0.556. The largest absolute Gasteiger partial charge is 0.462 e. The number of amides is 2. The van der Waals surface area contributed by atoms with Gasteiger partial charge in [0.1, 0.15) is 6.10 Å². The molecule has 6 heteroatoms. The van der Waals surface area contributed by atoms with E-state index < -0.39 is 0 Å². The van der Waals surface area contributed by atoms with E-state index in [1.54, 1.807) is 0 Å². The summed E-state index contributed by atoms with van der Waals surface area (Å²) in [4.78, 5) is 23.5. The maximum atomic E-state index is 12.0. The van der Waals surface area contributed by atoms with Crippen molar-refractivity contribution in [3.05, 3.63) is 34.9 Å². The van der Waals surface area contributed by atoms with Crippen molar-refractivity contribution in [1.29, 1.82) is 0 Å². The average molecular weight is 353 g/mol. The first-order valence-corrected chi connectivity index (χ1v) is 8.93. The van der Waals surface area contributed by atoms with Crippen LogP contribution in [0.15, 0.2) is 24.3 Å². The number of aryl methyl sites for hydroxylation is 1. The summed E-state index contributed by atoms with van der Waals surface area (Å²) in [5.41, 5.74) is 1.08. The van der Waals surface area contributed by atoms with E-state index in [4.69, 9.17) is 16.3 Å². The summed E-state index contributed by atoms with van der Waals surface area (Å²) in [5, 5.41) is 6.37. The van der Waals surface area contributed by atoms with Crippen LogP contribution in [0, 0.1) is 0 Å². The third-order valence-electron chi connectivity index (χ3n) is 4.18. The zero-order chi connectivity index (χ0) is 17.4. The number of nitrogens with one attached hydrogen (secondary N) is 2. The van der Waals surface area contributed by atoms with Crippen molar-refractivity contribution in [3.8, 4) is 0 Å². The van der Waals surface area contributed by atoms with Gasteiger partial charge < -0.3 is 15.4 Å². The lowest BCUT2D eigenvalue weighted by molar-refractivity contribution is -0.150. The van der Waals surface area contributed by atoms with E-state index in [9.17, 15) is 9.59 Å². The molecule has 0 heterocycles. The lowest BCUT2D eigenvalue weighted by Crippen LogP contribution is -2.44. The minimum absolute atomic E-state index is 0.0324. The summed E-state index contributed by atoms with van der Waals surface area (Å²) in [5.74, 6) is -0.162. The molecule has 24 heavy (non-hydrogen) atoms. The van der Waals surface area contributed by atoms with Crippen LogP contribution in [0.25, 0.3) is 0 Å². The molecule has 2 amide bonds. The van der Waals surface area contributed by atoms with Crippen LogP contribution in [0.4, 0.5) is 4.79 Å². The monoisotopic (exact) mass is 352 g/mol. The number of ether oxygens (including phenoxy) is 1. The lowest BCUT2D eigenvalue weighted by atomic mass is 9.93. The summed E-state index contributed by atoms with van der Waals surface area (Å²) in [6.07, 6.45) is 4.27. The summed E-state index contributed by atoms with van der Waals surface area (Å²) < 4.78 is 5.54. The summed E-state index contributed by atoms with van der Waals surface area (Å²) in [7, 11) is 0. The van der Waals surface area contributed by atoms with Gasteiger partial charge in [-0.1, -0.05) is 23.7 Å². The smallest absolute Gasteiger partial charge is 0.314 e. The molecule has 0 unspecified atom stereocenters. The first-order chi connectivity index (χ1) is 11.6. The van der Waals surface area contributed by atoms with E-state index >= 15 is 0 Å². The fourth-order valence-corrected chi connectivity index (χ4v) is 2.99. The van der Waals surface area contributed by atoms with Crippen molar-refractivity contribution >= 4 is 23.6 Å². The highest BCUT2D eigenvalue weighted by atomic mass is 35.5. The van der Waals surface area contributed by atoms with Crippen LogP contribution in [-0.4, -0.2) is 30.7 Å². The standard InChI is InChI=1S/C18H25ClN2O3/c1-2-20-18(23)21-15-8-10-16(11-9-15)24-17(22)12-5-13-3-6-14(19)7-4-13/h3-4,6-7,15-16H,2,5,8-12H2,1H3,(H2,20,21,23). The quantitative estimate of drug-likeness (QED) is 0.770. The molecular formula is C18H25ClN2O3. The highest BCUT2D eigenvalue weighted by molar-refractivity contribution is 6.30. The summed E-state index contributed by atoms with van der Waals surface area (Å²) in [6.45, 7) is 2.51. The molecule has 0 atom stereocenters. The Balaban J connectivity index is 1.65. The van der Waals surface area contributed by atoms with Crippen molar-refractivity contribution < 1.29 is 14.3 Å². The van der Waals surface area contributed by atoms with Crippen molar-refractivity contribution in [2.24, 2.45) is 0 Å². The minimum Gasteiger partial charge on any atom is -0.462 e. The summed E-state index contributed by atoms with van der Waals surface area (Å²) >= 11 is 5.84. The Morgan fingerprint density at radius 1 is 1.17 bits per heavy atom. The predicted octanol–water partition coefficient (Wildman–Crippen LogP) is 3.45. The Bertz CT molecular complexity index is 540. The fourth-order valence-electron chi connectivity index (χ4n) is 2.86. The highest BCUT2D eigenvalue weighted by Crippen LogP contribution is 2.22. The normalized spacial score (nSPS) is 20.2. The number of rotatable bonds is 6. The van der Waals surface area contributed by atoms with Crippen molar-refractivity contribution in [2.75, 3.05) is 6.54 Å². The van der Waals surface area contributed by atoms with Crippen LogP contribution in [0.2, 0.25) is 5.02 Å². The van der Waals surface area contributed by atoms with Crippen LogP contribution in [0.1, 0.15) is 44.6 Å². The van der Waals surface area contributed by atoms with Gasteiger partial charge in [0.2, 0.25) is 0 Å². The van der Waals surface area contributed by atoms with Gasteiger partial charge in [-0.05, 0) is 56.7 Å². The van der Waals surface area contributed by atoms with Crippen LogP contribution in [-0.2, 0) is 16.0 Å². The lowest BCUT2D eigenvalue weighted by Gasteiger charge is -2.28. The Kier molecular flexibility index (Phi) is 7.37. The third kappa shape index (κ3) is 6.40. The first-order valence-electron chi connectivity index (χ1n) is 8.55. The second-order valence-electron chi connectivity index (χ2n) is 6.09. The number of hydrogen-bond donors (Lipinski definition) is 2. The van der Waals surface area contributed by atoms with Crippen LogP contribution in [0.3, 0.4) is 0 Å². The first kappa shape index (κ1) is 18.6. The van der Waals surface area contributed by atoms with Gasteiger partial charge >= 0.3 is 12.0 Å². The minimum atomic E-state index is -0.162. The molecule has 132 valence electrons. The van der Waals surface area contributed by atoms with Crippen LogP contribution in [0.5, 0.6) is 0 Å². The Morgan fingerprint density at radius 3 is 2.46 bits per heavy atom. The molecule has 2 N–H and O–H groups in total. The van der Waals surface area contributed by atoms with Gasteiger partial charge in [0.05, 0.1) is 0 Å². The van der Waals surface area contributed by atoms with Crippen LogP contribution >= 0.6 is 11.6 Å². The van der Waals surface area contributed by atoms with Gasteiger partial charge in [0.15, 0.2) is 0 Å². The number of carbonyl (C=O) groups is 2. The topological polar surface area (TPSA) is 67.4 Å². The molecule has 0 spiro atoms. The van der Waals surface area contributed by atoms with Gasteiger partial charge in [-0.25, -0.2) is 4.79 Å². The molecule has 0 bridgehead atoms. The van der Waals surface area contributed by atoms with E-state index in [0.29, 0.717) is 24.4 Å². The molecule has 2 rings (SSSR count). The molecule has 0 radical (unpaired) electrons. The van der Waals surface area contributed by atoms with E-state index in [2.05, 4.69) is 10.6 Å². The van der Waals surface area contributed by atoms with Crippen LogP contribution < -0.4 is 10.6 Å². The number of carbonyl (C=O) groups excluding carboxylic acids is 2. The van der Waals surface area contributed by atoms with Gasteiger partial charge in [0, 0.05) is 24.0 Å². The van der Waals surface area contributed by atoms with Crippen molar-refractivity contribution in [3.63, 3.8) is 0 Å². The molecule has 1 aromatic rings. The highest BCUT2D eigenvalue weighted by Gasteiger charge is 2.24. The van der Waals surface area contributed by atoms with Gasteiger partial charge in [-0.15, -0.1) is 0 Å². The van der Waals surface area contributed by atoms with Gasteiger partial charge in [0.25, 0.3) is 0 Å². The molecule has 1 fully saturated rings. The van der Waals surface area contributed by atoms with E-state index in [1.165, 1.54) is 0 Å². The summed E-state index contributed by atoms with van der Waals surface area (Å²) in [6, 6.07) is 7.54. The SMILES string of the molecule is CCNC(=O)NC1CCC(OC(=O)CCc2ccc(Cl)cc2)CC1. The molecule has 1 aliphatic carbocycles. The van der Waals surface area contributed by atoms with E-state index in [1.807, 2.05) is 31.2 Å². The number of benzene rings is 1. The number of halogens is 1. The molecule has 5 nitrogen and oxygen atoms in total. The van der Waals surface area contributed by atoms with Crippen molar-refractivity contribution in [2.45, 2.75) is 57.6 Å². The molecule has 0 aromatic heterocycles. The van der Waals surface area contributed by atoms with E-state index in [-0.39, 0.29) is 24.1 Å². The molecule has 1 aliphatic rings. The number of urea groups is 1. The van der Waals surface area contributed by atoms with Gasteiger partial charge in [-0.3, -0.25) is 4.79 Å². The number of esters is 1. The van der Waals surface area contributed by atoms with E-state index in [0.717, 1.165) is 31.2 Å².